The molecular formula is C16H18NO2P. The Morgan fingerprint density at radius 2 is 1.60 bits per heavy atom. The molecule has 0 aliphatic carbocycles. The molecule has 1 fully saturated rings. The van der Waals surface area contributed by atoms with Gasteiger partial charge < -0.3 is 5.21 Å². The Hall–Kier alpha value is -1.41. The second kappa shape index (κ2) is 5.53. The highest BCUT2D eigenvalue weighted by molar-refractivity contribution is 7.69. The molecule has 104 valence electrons. The van der Waals surface area contributed by atoms with E-state index in [0.717, 1.165) is 16.6 Å². The Labute approximate surface area is 119 Å². The van der Waals surface area contributed by atoms with Crippen LogP contribution in [0, 0.1) is 0 Å². The summed E-state index contributed by atoms with van der Waals surface area (Å²) in [4.78, 5) is 1.07. The number of rotatable bonds is 2. The fourth-order valence-corrected chi connectivity index (χ4v) is 5.55. The first-order chi connectivity index (χ1) is 9.70. The molecular weight excluding hydrogens is 269 g/mol. The number of nitrogens with zero attached hydrogens (tertiary/aromatic N) is 1. The predicted molar refractivity (Wildman–Crippen MR) is 80.8 cm³/mol. The van der Waals surface area contributed by atoms with Gasteiger partial charge >= 0.3 is 0 Å². The summed E-state index contributed by atoms with van der Waals surface area (Å²) in [6, 6.07) is 19.5. The van der Waals surface area contributed by atoms with Gasteiger partial charge in [-0.15, -0.1) is 4.83 Å². The summed E-state index contributed by atoms with van der Waals surface area (Å²) in [6.07, 6.45) is 1.33. The normalized spacial score (nSPS) is 27.4. The zero-order chi connectivity index (χ0) is 14.0. The van der Waals surface area contributed by atoms with Gasteiger partial charge in [-0.05, 0) is 17.9 Å². The second-order valence-corrected chi connectivity index (χ2v) is 7.96. The first-order valence-corrected chi connectivity index (χ1v) is 8.71. The van der Waals surface area contributed by atoms with Crippen LogP contribution in [0.4, 0.5) is 0 Å². The first kappa shape index (κ1) is 13.6. The van der Waals surface area contributed by atoms with Gasteiger partial charge in [-0.3, -0.25) is 4.57 Å². The molecule has 1 aliphatic rings. The molecule has 0 aromatic heterocycles. The Balaban J connectivity index is 1.93. The Kier molecular flexibility index (Phi) is 3.75. The SMILES string of the molecule is O=P1(c2ccccc2)CC(c2ccccc2)CCN1O. The highest BCUT2D eigenvalue weighted by atomic mass is 31.2. The third-order valence-corrected chi connectivity index (χ3v) is 6.94. The fourth-order valence-electron chi connectivity index (χ4n) is 2.81. The molecule has 1 saturated heterocycles. The molecule has 0 radical (unpaired) electrons. The van der Waals surface area contributed by atoms with Crippen molar-refractivity contribution in [3.63, 3.8) is 0 Å². The number of hydroxylamine groups is 1. The maximum atomic E-state index is 13.2. The molecule has 0 saturated carbocycles. The lowest BCUT2D eigenvalue weighted by Crippen LogP contribution is -2.33. The van der Waals surface area contributed by atoms with Crippen molar-refractivity contribution in [2.75, 3.05) is 12.7 Å². The van der Waals surface area contributed by atoms with Crippen molar-refractivity contribution in [3.8, 4) is 0 Å². The minimum atomic E-state index is -2.89. The lowest BCUT2D eigenvalue weighted by Gasteiger charge is -2.35. The van der Waals surface area contributed by atoms with Crippen LogP contribution >= 0.6 is 7.29 Å². The molecule has 2 unspecified atom stereocenters. The molecule has 1 aliphatic heterocycles. The minimum absolute atomic E-state index is 0.241. The zero-order valence-corrected chi connectivity index (χ0v) is 12.1. The smallest absolute Gasteiger partial charge is 0.201 e. The summed E-state index contributed by atoms with van der Waals surface area (Å²) in [5, 5.41) is 10.9. The molecule has 1 N–H and O–H groups in total. The highest BCUT2D eigenvalue weighted by Crippen LogP contribution is 2.54. The van der Waals surface area contributed by atoms with Gasteiger partial charge in [-0.2, -0.15) is 0 Å². The minimum Gasteiger partial charge on any atom is -0.307 e. The second-order valence-electron chi connectivity index (χ2n) is 5.21. The van der Waals surface area contributed by atoms with Crippen LogP contribution in [0.25, 0.3) is 0 Å². The van der Waals surface area contributed by atoms with E-state index in [1.165, 1.54) is 5.56 Å². The largest absolute Gasteiger partial charge is 0.307 e. The van der Waals surface area contributed by atoms with Crippen LogP contribution in [-0.4, -0.2) is 22.7 Å². The third kappa shape index (κ3) is 2.45. The van der Waals surface area contributed by atoms with Gasteiger partial charge in [0.15, 0.2) is 0 Å². The van der Waals surface area contributed by atoms with Crippen molar-refractivity contribution in [1.82, 2.24) is 4.83 Å². The molecule has 2 aromatic rings. The van der Waals surface area contributed by atoms with E-state index in [1.54, 1.807) is 0 Å². The van der Waals surface area contributed by atoms with Crippen LogP contribution in [0.2, 0.25) is 0 Å². The van der Waals surface area contributed by atoms with Crippen molar-refractivity contribution in [2.24, 2.45) is 0 Å². The van der Waals surface area contributed by atoms with E-state index in [-0.39, 0.29) is 5.92 Å². The van der Waals surface area contributed by atoms with Gasteiger partial charge in [0.05, 0.1) is 0 Å². The average Bonchev–Trinajstić information content (AvgIpc) is 2.52. The van der Waals surface area contributed by atoms with Crippen LogP contribution in [0.3, 0.4) is 0 Å². The Bertz CT molecular complexity index is 615. The van der Waals surface area contributed by atoms with Crippen molar-refractivity contribution in [1.29, 1.82) is 0 Å². The van der Waals surface area contributed by atoms with Gasteiger partial charge in [0.25, 0.3) is 0 Å². The number of hydrogen-bond donors (Lipinski definition) is 1. The topological polar surface area (TPSA) is 40.5 Å². The van der Waals surface area contributed by atoms with E-state index in [4.69, 9.17) is 0 Å². The molecule has 2 aromatic carbocycles. The number of benzene rings is 2. The first-order valence-electron chi connectivity index (χ1n) is 6.87. The molecule has 0 bridgehead atoms. The summed E-state index contributed by atoms with van der Waals surface area (Å²) in [5.41, 5.74) is 1.21. The molecule has 2 atom stereocenters. The summed E-state index contributed by atoms with van der Waals surface area (Å²) in [6.45, 7) is 0.450. The maximum absolute atomic E-state index is 13.2. The number of hydrogen-bond acceptors (Lipinski definition) is 2. The van der Waals surface area contributed by atoms with Crippen LogP contribution in [-0.2, 0) is 4.57 Å². The van der Waals surface area contributed by atoms with Gasteiger partial charge in [-0.1, -0.05) is 60.7 Å². The van der Waals surface area contributed by atoms with Gasteiger partial charge in [0.2, 0.25) is 7.29 Å². The molecule has 20 heavy (non-hydrogen) atoms. The Morgan fingerprint density at radius 3 is 2.25 bits per heavy atom. The summed E-state index contributed by atoms with van der Waals surface area (Å²) in [5.74, 6) is 0.241. The van der Waals surface area contributed by atoms with E-state index >= 15 is 0 Å². The average molecular weight is 287 g/mol. The van der Waals surface area contributed by atoms with E-state index in [2.05, 4.69) is 12.1 Å². The quantitative estimate of drug-likeness (QED) is 0.860. The molecule has 3 rings (SSSR count). The maximum Gasteiger partial charge on any atom is 0.201 e. The predicted octanol–water partition coefficient (Wildman–Crippen LogP) is 3.47. The molecule has 0 spiro atoms. The van der Waals surface area contributed by atoms with Crippen molar-refractivity contribution in [3.05, 3.63) is 66.2 Å². The lowest BCUT2D eigenvalue weighted by atomic mass is 9.98. The van der Waals surface area contributed by atoms with Crippen molar-refractivity contribution >= 4 is 12.6 Å². The molecule has 0 amide bonds. The molecule has 4 heteroatoms. The van der Waals surface area contributed by atoms with Crippen molar-refractivity contribution < 1.29 is 9.77 Å². The summed E-state index contributed by atoms with van der Waals surface area (Å²) < 4.78 is 13.2. The van der Waals surface area contributed by atoms with Crippen molar-refractivity contribution in [2.45, 2.75) is 12.3 Å². The van der Waals surface area contributed by atoms with E-state index in [0.29, 0.717) is 12.7 Å². The summed E-state index contributed by atoms with van der Waals surface area (Å²) >= 11 is 0. The Morgan fingerprint density at radius 1 is 1.00 bits per heavy atom. The monoisotopic (exact) mass is 287 g/mol. The fraction of sp³-hybridized carbons (Fsp3) is 0.250. The van der Waals surface area contributed by atoms with Gasteiger partial charge in [0.1, 0.15) is 0 Å². The van der Waals surface area contributed by atoms with Crippen LogP contribution in [0.15, 0.2) is 60.7 Å². The zero-order valence-electron chi connectivity index (χ0n) is 11.2. The van der Waals surface area contributed by atoms with E-state index in [1.807, 2.05) is 48.5 Å². The summed E-state index contributed by atoms with van der Waals surface area (Å²) in [7, 11) is -2.89. The highest BCUT2D eigenvalue weighted by Gasteiger charge is 2.39. The van der Waals surface area contributed by atoms with Crippen LogP contribution < -0.4 is 5.30 Å². The lowest BCUT2D eigenvalue weighted by molar-refractivity contribution is -0.00624. The van der Waals surface area contributed by atoms with E-state index in [9.17, 15) is 9.77 Å². The molecule has 3 nitrogen and oxygen atoms in total. The van der Waals surface area contributed by atoms with E-state index < -0.39 is 7.29 Å². The van der Waals surface area contributed by atoms with Gasteiger partial charge in [-0.25, -0.2) is 0 Å². The third-order valence-electron chi connectivity index (χ3n) is 3.95. The van der Waals surface area contributed by atoms with Crippen LogP contribution in [0.5, 0.6) is 0 Å². The van der Waals surface area contributed by atoms with Crippen LogP contribution in [0.1, 0.15) is 17.9 Å². The molecule has 1 heterocycles. The standard InChI is InChI=1S/C16H18NO2P/c18-17-12-11-15(14-7-3-1-4-8-14)13-20(17,19)16-9-5-2-6-10-16/h1-10,15,18H,11-13H2. The van der Waals surface area contributed by atoms with Gasteiger partial charge in [0, 0.05) is 18.0 Å².